The summed E-state index contributed by atoms with van der Waals surface area (Å²) >= 11 is 22.0. The van der Waals surface area contributed by atoms with Crippen molar-refractivity contribution >= 4 is 101 Å². The van der Waals surface area contributed by atoms with Crippen LogP contribution in [0.5, 0.6) is 0 Å². The van der Waals surface area contributed by atoms with Crippen LogP contribution in [0.3, 0.4) is 0 Å². The molecule has 0 unspecified atom stereocenters. The Kier molecular flexibility index (Phi) is 10.7. The van der Waals surface area contributed by atoms with Crippen molar-refractivity contribution in [3.63, 3.8) is 0 Å². The van der Waals surface area contributed by atoms with Gasteiger partial charge in [0.05, 0.1) is 0 Å². The van der Waals surface area contributed by atoms with E-state index in [0.717, 1.165) is 21.3 Å². The van der Waals surface area contributed by atoms with Crippen LogP contribution >= 0.6 is 91.9 Å². The van der Waals surface area contributed by atoms with Crippen molar-refractivity contribution < 1.29 is 0 Å². The van der Waals surface area contributed by atoms with Crippen LogP contribution in [0.15, 0.2) is 0 Å². The van der Waals surface area contributed by atoms with Gasteiger partial charge in [-0.2, -0.15) is 0 Å². The van der Waals surface area contributed by atoms with Crippen molar-refractivity contribution in [1.82, 2.24) is 0 Å². The Morgan fingerprint density at radius 1 is 0.692 bits per heavy atom. The molecule has 0 heterocycles. The fourth-order valence-corrected chi connectivity index (χ4v) is 34.3. The van der Waals surface area contributed by atoms with Gasteiger partial charge in [-0.15, -0.1) is 0 Å². The van der Waals surface area contributed by atoms with Gasteiger partial charge in [-0.05, 0) is 0 Å². The first-order valence-electron chi connectivity index (χ1n) is 3.48. The molecule has 0 atom stereocenters. The first-order valence-corrected chi connectivity index (χ1v) is 18.0. The predicted molar refractivity (Wildman–Crippen MR) is 86.3 cm³/mol. The average Bonchev–Trinajstić information content (AvgIpc) is 2.07. The maximum atomic E-state index is 3.91. The van der Waals surface area contributed by atoms with Gasteiger partial charge < -0.3 is 0 Å². The second kappa shape index (κ2) is 8.48. The van der Waals surface area contributed by atoms with E-state index in [1.807, 2.05) is 0 Å². The summed E-state index contributed by atoms with van der Waals surface area (Å²) in [6, 6.07) is 0. The van der Waals surface area contributed by atoms with Crippen molar-refractivity contribution in [2.75, 3.05) is 21.3 Å². The summed E-state index contributed by atoms with van der Waals surface area (Å²) in [6.45, 7) is 0. The second-order valence-corrected chi connectivity index (χ2v) is 25.8. The molecule has 0 aromatic rings. The van der Waals surface area contributed by atoms with Gasteiger partial charge in [0, 0.05) is 0 Å². The Labute approximate surface area is 130 Å². The molecule has 13 heavy (non-hydrogen) atoms. The van der Waals surface area contributed by atoms with E-state index in [2.05, 4.69) is 91.9 Å². The van der Waals surface area contributed by atoms with Gasteiger partial charge in [-0.3, -0.25) is 0 Å². The van der Waals surface area contributed by atoms with Crippen LogP contribution in [-0.2, 0) is 0 Å². The molecule has 0 saturated heterocycles. The molecule has 0 aromatic heterocycles. The third-order valence-corrected chi connectivity index (χ3v) is 24.7. The Hall–Kier alpha value is 3.40. The van der Waals surface area contributed by atoms with E-state index in [1.54, 1.807) is 0 Å². The molecule has 7 heteroatoms. The molecular weight excluding hydrogens is 630 g/mol. The summed E-state index contributed by atoms with van der Waals surface area (Å²) in [7, 11) is -1.71. The number of alkyl halides is 4. The van der Waals surface area contributed by atoms with Crippen LogP contribution in [-0.4, -0.2) is 30.5 Å². The first-order chi connectivity index (χ1) is 6.04. The molecule has 0 nitrogen and oxygen atoms in total. The Balaban J connectivity index is 4.48. The number of hydrogen-bond donors (Lipinski definition) is 0. The fourth-order valence-electron chi connectivity index (χ4n) is 0.691. The first kappa shape index (κ1) is 16.4. The zero-order valence-electron chi connectivity index (χ0n) is 6.66. The van der Waals surface area contributed by atoms with E-state index in [9.17, 15) is 0 Å². The van der Waals surface area contributed by atoms with Gasteiger partial charge in [0.2, 0.25) is 0 Å². The molecule has 0 aliphatic rings. The quantitative estimate of drug-likeness (QED) is 0.265. The molecule has 0 aliphatic heterocycles. The zero-order chi connectivity index (χ0) is 10.5. The summed E-state index contributed by atoms with van der Waals surface area (Å²) in [5.41, 5.74) is 0. The number of halogens is 6. The van der Waals surface area contributed by atoms with Gasteiger partial charge in [0.15, 0.2) is 0 Å². The Bertz CT molecular complexity index is 119. The molecule has 0 fully saturated rings. The van der Waals surface area contributed by atoms with E-state index in [0.29, 0.717) is 9.63 Å². The van der Waals surface area contributed by atoms with Crippen LogP contribution in [0.25, 0.3) is 0 Å². The van der Waals surface area contributed by atoms with Crippen LogP contribution in [0.2, 0.25) is 9.63 Å². The average molecular weight is 641 g/mol. The van der Waals surface area contributed by atoms with E-state index >= 15 is 0 Å². The Morgan fingerprint density at radius 2 is 0.923 bits per heavy atom. The Morgan fingerprint density at radius 3 is 1.08 bits per heavy atom. The third kappa shape index (κ3) is 5.05. The standard InChI is InChI=1S/C6H10Br6Se/c7-1-5(2-8)13(11,12)6(3-9)4-10/h5-6H,1-4H2. The summed E-state index contributed by atoms with van der Waals surface area (Å²) in [5.74, 6) is 0. The molecule has 0 spiro atoms. The summed E-state index contributed by atoms with van der Waals surface area (Å²) in [6.07, 6.45) is 0. The molecule has 0 N–H and O–H groups in total. The molecular formula is C6H10Br6Se. The van der Waals surface area contributed by atoms with E-state index in [-0.39, 0.29) is 0 Å². The van der Waals surface area contributed by atoms with Crippen LogP contribution < -0.4 is 0 Å². The normalized spacial score (nSPS) is 14.2. The van der Waals surface area contributed by atoms with E-state index in [1.165, 1.54) is 0 Å². The zero-order valence-corrected chi connectivity index (χ0v) is 17.9. The number of rotatable bonds is 6. The fraction of sp³-hybridized carbons (Fsp3) is 1.00. The molecule has 0 amide bonds. The third-order valence-electron chi connectivity index (χ3n) is 1.58. The van der Waals surface area contributed by atoms with E-state index < -0.39 is 9.23 Å². The van der Waals surface area contributed by atoms with Crippen molar-refractivity contribution in [3.8, 4) is 0 Å². The van der Waals surface area contributed by atoms with E-state index in [4.69, 9.17) is 0 Å². The number of hydrogen-bond acceptors (Lipinski definition) is 0. The summed E-state index contributed by atoms with van der Waals surface area (Å²) in [4.78, 5) is 1.33. The van der Waals surface area contributed by atoms with Gasteiger partial charge in [-0.1, -0.05) is 0 Å². The molecule has 0 bridgehead atoms. The molecule has 0 aliphatic carbocycles. The summed E-state index contributed by atoms with van der Waals surface area (Å²) < 4.78 is 0. The van der Waals surface area contributed by atoms with Crippen LogP contribution in [0, 0.1) is 0 Å². The van der Waals surface area contributed by atoms with Crippen LogP contribution in [0.4, 0.5) is 0 Å². The minimum atomic E-state index is -1.71. The molecule has 0 radical (unpaired) electrons. The molecule has 0 rings (SSSR count). The minimum absolute atomic E-state index is 0.663. The van der Waals surface area contributed by atoms with Crippen molar-refractivity contribution in [2.24, 2.45) is 0 Å². The van der Waals surface area contributed by atoms with Gasteiger partial charge in [0.25, 0.3) is 0 Å². The van der Waals surface area contributed by atoms with Gasteiger partial charge in [0.1, 0.15) is 0 Å². The SMILES string of the molecule is BrCC(CBr)[Se](Br)(Br)C(CBr)CBr. The second-order valence-electron chi connectivity index (χ2n) is 2.41. The topological polar surface area (TPSA) is 0 Å². The molecule has 82 valence electrons. The van der Waals surface area contributed by atoms with Crippen molar-refractivity contribution in [1.29, 1.82) is 0 Å². The monoisotopic (exact) mass is 636 g/mol. The van der Waals surface area contributed by atoms with Crippen LogP contribution in [0.1, 0.15) is 0 Å². The summed E-state index contributed by atoms with van der Waals surface area (Å²) in [5, 5.41) is 4.13. The predicted octanol–water partition coefficient (Wildman–Crippen LogP) is 5.54. The van der Waals surface area contributed by atoms with Crippen molar-refractivity contribution in [2.45, 2.75) is 9.63 Å². The van der Waals surface area contributed by atoms with Gasteiger partial charge >= 0.3 is 132 Å². The van der Waals surface area contributed by atoms with Gasteiger partial charge in [-0.25, -0.2) is 0 Å². The molecule has 0 saturated carbocycles. The van der Waals surface area contributed by atoms with Crippen molar-refractivity contribution in [3.05, 3.63) is 0 Å². The maximum absolute atomic E-state index is 3.91. The molecule has 0 aromatic carbocycles.